The van der Waals surface area contributed by atoms with Gasteiger partial charge < -0.3 is 14.6 Å². The van der Waals surface area contributed by atoms with Crippen LogP contribution in [0, 0.1) is 0 Å². The van der Waals surface area contributed by atoms with E-state index in [9.17, 15) is 9.90 Å². The molecule has 0 saturated carbocycles. The minimum absolute atomic E-state index is 0.107. The highest BCUT2D eigenvalue weighted by Gasteiger charge is 2.13. The van der Waals surface area contributed by atoms with Crippen LogP contribution in [-0.2, 0) is 6.61 Å². The molecule has 0 aromatic heterocycles. The fraction of sp³-hybridized carbons (Fsp3) is 0.0769. The summed E-state index contributed by atoms with van der Waals surface area (Å²) in [7, 11) is 1.56. The molecule has 0 aliphatic carbocycles. The molecule has 0 heterocycles. The molecule has 0 spiro atoms. The Kier molecular flexibility index (Phi) is 6.90. The van der Waals surface area contributed by atoms with Gasteiger partial charge in [-0.2, -0.15) is 5.10 Å². The second kappa shape index (κ2) is 10.2. The minimum atomic E-state index is -0.514. The predicted molar refractivity (Wildman–Crippen MR) is 132 cm³/mol. The highest BCUT2D eigenvalue weighted by atomic mass is 79.9. The van der Waals surface area contributed by atoms with Gasteiger partial charge in [-0.15, -0.1) is 0 Å². The summed E-state index contributed by atoms with van der Waals surface area (Å²) in [4.78, 5) is 12.5. The maximum absolute atomic E-state index is 12.5. The first-order valence-electron chi connectivity index (χ1n) is 10.1. The molecule has 0 atom stereocenters. The van der Waals surface area contributed by atoms with Crippen molar-refractivity contribution in [1.82, 2.24) is 5.43 Å². The zero-order chi connectivity index (χ0) is 23.2. The summed E-state index contributed by atoms with van der Waals surface area (Å²) in [5.41, 5.74) is 4.33. The lowest BCUT2D eigenvalue weighted by Gasteiger charge is -2.12. The first-order valence-corrected chi connectivity index (χ1v) is 10.9. The molecule has 0 fully saturated rings. The van der Waals surface area contributed by atoms with E-state index in [2.05, 4.69) is 26.5 Å². The zero-order valence-corrected chi connectivity index (χ0v) is 19.4. The smallest absolute Gasteiger partial charge is 0.275 e. The van der Waals surface area contributed by atoms with Gasteiger partial charge in [0.25, 0.3) is 5.91 Å². The number of carbonyl (C=O) groups is 1. The minimum Gasteiger partial charge on any atom is -0.507 e. The number of phenols is 1. The molecule has 4 rings (SSSR count). The molecule has 6 nitrogen and oxygen atoms in total. The van der Waals surface area contributed by atoms with E-state index in [-0.39, 0.29) is 11.3 Å². The molecular weight excluding hydrogens is 484 g/mol. The summed E-state index contributed by atoms with van der Waals surface area (Å²) < 4.78 is 12.1. The zero-order valence-electron chi connectivity index (χ0n) is 17.8. The van der Waals surface area contributed by atoms with Crippen molar-refractivity contribution in [3.05, 3.63) is 100 Å². The van der Waals surface area contributed by atoms with Gasteiger partial charge in [0.1, 0.15) is 12.4 Å². The fourth-order valence-electron chi connectivity index (χ4n) is 3.29. The summed E-state index contributed by atoms with van der Waals surface area (Å²) in [5, 5.41) is 16.0. The second-order valence-electron chi connectivity index (χ2n) is 7.21. The van der Waals surface area contributed by atoms with Crippen LogP contribution in [0.2, 0.25) is 0 Å². The van der Waals surface area contributed by atoms with E-state index in [0.29, 0.717) is 23.7 Å². The van der Waals surface area contributed by atoms with Gasteiger partial charge in [0.05, 0.1) is 18.9 Å². The van der Waals surface area contributed by atoms with Crippen molar-refractivity contribution in [2.45, 2.75) is 6.61 Å². The summed E-state index contributed by atoms with van der Waals surface area (Å²) in [5.74, 6) is 0.495. The van der Waals surface area contributed by atoms with Gasteiger partial charge in [-0.1, -0.05) is 54.6 Å². The number of ether oxygens (including phenoxy) is 2. The van der Waals surface area contributed by atoms with Crippen LogP contribution < -0.4 is 14.9 Å². The molecule has 4 aromatic rings. The highest BCUT2D eigenvalue weighted by Crippen LogP contribution is 2.33. The maximum atomic E-state index is 12.5. The summed E-state index contributed by atoms with van der Waals surface area (Å²) in [6.45, 7) is 0.405. The predicted octanol–water partition coefficient (Wildman–Crippen LogP) is 5.66. The van der Waals surface area contributed by atoms with Crippen molar-refractivity contribution < 1.29 is 19.4 Å². The lowest BCUT2D eigenvalue weighted by Crippen LogP contribution is -2.17. The van der Waals surface area contributed by atoms with Crippen LogP contribution in [0.15, 0.2) is 88.4 Å². The Balaban J connectivity index is 1.47. The van der Waals surface area contributed by atoms with Crippen molar-refractivity contribution in [1.29, 1.82) is 0 Å². The summed E-state index contributed by atoms with van der Waals surface area (Å²) >= 11 is 3.51. The third kappa shape index (κ3) is 5.32. The van der Waals surface area contributed by atoms with E-state index in [1.807, 2.05) is 54.6 Å². The first-order chi connectivity index (χ1) is 16.0. The SMILES string of the molecule is COc1cc(C=NNC(=O)c2cc3ccccc3cc2O)c(Br)cc1OCc1ccccc1. The number of hydrazone groups is 1. The molecule has 0 saturated heterocycles. The fourth-order valence-corrected chi connectivity index (χ4v) is 3.71. The monoisotopic (exact) mass is 504 g/mol. The molecule has 0 unspecified atom stereocenters. The van der Waals surface area contributed by atoms with Crippen molar-refractivity contribution in [3.63, 3.8) is 0 Å². The van der Waals surface area contributed by atoms with Gasteiger partial charge in [0.15, 0.2) is 11.5 Å². The average molecular weight is 505 g/mol. The number of carbonyl (C=O) groups excluding carboxylic acids is 1. The topological polar surface area (TPSA) is 80.2 Å². The van der Waals surface area contributed by atoms with Crippen molar-refractivity contribution >= 4 is 38.8 Å². The third-order valence-electron chi connectivity index (χ3n) is 5.00. The van der Waals surface area contributed by atoms with Crippen LogP contribution in [0.5, 0.6) is 17.2 Å². The van der Waals surface area contributed by atoms with E-state index >= 15 is 0 Å². The molecule has 2 N–H and O–H groups in total. The number of hydrogen-bond acceptors (Lipinski definition) is 5. The van der Waals surface area contributed by atoms with Crippen LogP contribution in [0.1, 0.15) is 21.5 Å². The summed E-state index contributed by atoms with van der Waals surface area (Å²) in [6.07, 6.45) is 1.49. The Bertz CT molecular complexity index is 1320. The van der Waals surface area contributed by atoms with Crippen LogP contribution in [-0.4, -0.2) is 24.3 Å². The van der Waals surface area contributed by atoms with Crippen molar-refractivity contribution in [2.24, 2.45) is 5.10 Å². The Morgan fingerprint density at radius 1 is 1.00 bits per heavy atom. The van der Waals surface area contributed by atoms with Crippen LogP contribution >= 0.6 is 15.9 Å². The quantitative estimate of drug-likeness (QED) is 0.251. The number of phenolic OH excluding ortho intramolecular Hbond substituents is 1. The maximum Gasteiger partial charge on any atom is 0.275 e. The van der Waals surface area contributed by atoms with E-state index in [0.717, 1.165) is 20.8 Å². The number of fused-ring (bicyclic) bond motifs is 1. The number of benzene rings is 4. The van der Waals surface area contributed by atoms with E-state index in [1.54, 1.807) is 31.4 Å². The molecule has 0 aliphatic heterocycles. The van der Waals surface area contributed by atoms with Gasteiger partial charge in [-0.05, 0) is 56.5 Å². The lowest BCUT2D eigenvalue weighted by molar-refractivity contribution is 0.0952. The van der Waals surface area contributed by atoms with Crippen LogP contribution in [0.25, 0.3) is 10.8 Å². The number of nitrogens with zero attached hydrogens (tertiary/aromatic N) is 1. The van der Waals surface area contributed by atoms with E-state index in [4.69, 9.17) is 9.47 Å². The number of amides is 1. The third-order valence-corrected chi connectivity index (χ3v) is 5.69. The largest absolute Gasteiger partial charge is 0.507 e. The number of methoxy groups -OCH3 is 1. The molecular formula is C26H21BrN2O4. The normalized spacial score (nSPS) is 11.0. The number of rotatable bonds is 7. The molecule has 0 radical (unpaired) electrons. The van der Waals surface area contributed by atoms with Gasteiger partial charge in [-0.3, -0.25) is 4.79 Å². The Labute approximate surface area is 199 Å². The van der Waals surface area contributed by atoms with E-state index < -0.39 is 5.91 Å². The highest BCUT2D eigenvalue weighted by molar-refractivity contribution is 9.10. The second-order valence-corrected chi connectivity index (χ2v) is 8.07. The molecule has 33 heavy (non-hydrogen) atoms. The number of aromatic hydroxyl groups is 1. The molecule has 1 amide bonds. The number of halogens is 1. The molecule has 4 aromatic carbocycles. The van der Waals surface area contributed by atoms with Gasteiger partial charge in [0, 0.05) is 10.0 Å². The molecule has 7 heteroatoms. The number of hydrogen-bond donors (Lipinski definition) is 2. The van der Waals surface area contributed by atoms with Gasteiger partial charge in [0.2, 0.25) is 0 Å². The van der Waals surface area contributed by atoms with Crippen LogP contribution in [0.4, 0.5) is 0 Å². The van der Waals surface area contributed by atoms with Crippen LogP contribution in [0.3, 0.4) is 0 Å². The van der Waals surface area contributed by atoms with Crippen molar-refractivity contribution in [3.8, 4) is 17.2 Å². The molecule has 166 valence electrons. The van der Waals surface area contributed by atoms with E-state index in [1.165, 1.54) is 6.21 Å². The first kappa shape index (κ1) is 22.4. The average Bonchev–Trinajstić information content (AvgIpc) is 2.83. The Morgan fingerprint density at radius 3 is 2.42 bits per heavy atom. The molecule has 0 bridgehead atoms. The Morgan fingerprint density at radius 2 is 1.70 bits per heavy atom. The standard InChI is InChI=1S/C26H21BrN2O4/c1-32-24-13-20(22(27)14-25(24)33-16-17-7-3-2-4-8-17)15-28-29-26(31)21-11-18-9-5-6-10-19(18)12-23(21)30/h2-15,30H,16H2,1H3,(H,29,31). The van der Waals surface area contributed by atoms with Crippen molar-refractivity contribution in [2.75, 3.05) is 7.11 Å². The summed E-state index contributed by atoms with van der Waals surface area (Å²) in [6, 6.07) is 24.1. The molecule has 0 aliphatic rings. The Hall–Kier alpha value is -3.84. The lowest BCUT2D eigenvalue weighted by atomic mass is 10.1. The number of nitrogens with one attached hydrogen (secondary N) is 1. The van der Waals surface area contributed by atoms with Gasteiger partial charge >= 0.3 is 0 Å². The van der Waals surface area contributed by atoms with Gasteiger partial charge in [-0.25, -0.2) is 5.43 Å².